The van der Waals surface area contributed by atoms with Crippen LogP contribution in [-0.4, -0.2) is 76.3 Å². The Morgan fingerprint density at radius 1 is 0.469 bits per heavy atom. The van der Waals surface area contributed by atoms with Crippen LogP contribution in [0.5, 0.6) is 0 Å². The van der Waals surface area contributed by atoms with Gasteiger partial charge in [-0.25, -0.2) is 0 Å². The van der Waals surface area contributed by atoms with Crippen molar-refractivity contribution in [2.45, 2.75) is 25.7 Å². The molecule has 4 N–H and O–H groups in total. The molecule has 2 aromatic carbocycles. The van der Waals surface area contributed by atoms with Crippen LogP contribution in [0.4, 0.5) is 22.7 Å². The highest BCUT2D eigenvalue weighted by atomic mass is 16.2. The lowest BCUT2D eigenvalue weighted by Crippen LogP contribution is -2.38. The summed E-state index contributed by atoms with van der Waals surface area (Å²) in [7, 11) is 4.04. The molecule has 0 fully saturated rings. The van der Waals surface area contributed by atoms with Crippen molar-refractivity contribution >= 4 is 22.7 Å². The van der Waals surface area contributed by atoms with Gasteiger partial charge < -0.3 is 31.1 Å². The molecule has 0 spiro atoms. The predicted octanol–water partition coefficient (Wildman–Crippen LogP) is -0.336. The van der Waals surface area contributed by atoms with E-state index in [1.165, 1.54) is 0 Å². The maximum atomic E-state index is 11.9. The van der Waals surface area contributed by atoms with E-state index in [-0.39, 0.29) is 0 Å². The largest absolute Gasteiger partial charge is 0.380 e. The molecule has 176 valence electrons. The van der Waals surface area contributed by atoms with Crippen molar-refractivity contribution in [3.63, 3.8) is 0 Å². The zero-order valence-corrected chi connectivity index (χ0v) is 19.0. The van der Waals surface area contributed by atoms with Crippen LogP contribution in [0.15, 0.2) is 19.2 Å². The van der Waals surface area contributed by atoms with Gasteiger partial charge in [0, 0.05) is 26.2 Å². The summed E-state index contributed by atoms with van der Waals surface area (Å²) < 4.78 is 0. The summed E-state index contributed by atoms with van der Waals surface area (Å²) in [6.45, 7) is 5.81. The van der Waals surface area contributed by atoms with Crippen LogP contribution < -0.4 is 43.0 Å². The van der Waals surface area contributed by atoms with Gasteiger partial charge in [0.2, 0.25) is 0 Å². The lowest BCUT2D eigenvalue weighted by Gasteiger charge is -2.20. The minimum absolute atomic E-state index is 0.409. The van der Waals surface area contributed by atoms with Gasteiger partial charge in [0.05, 0.1) is 0 Å². The van der Waals surface area contributed by atoms with Crippen LogP contribution in [0, 0.1) is 0 Å². The third-order valence-electron chi connectivity index (χ3n) is 5.89. The first-order chi connectivity index (χ1) is 15.4. The van der Waals surface area contributed by atoms with Crippen LogP contribution >= 0.6 is 0 Å². The first kappa shape index (κ1) is 23.9. The van der Waals surface area contributed by atoms with E-state index in [1.807, 2.05) is 14.1 Å². The molecule has 10 nitrogen and oxygen atoms in total. The third-order valence-corrected chi connectivity index (χ3v) is 5.89. The molecule has 1 aliphatic heterocycles. The minimum Gasteiger partial charge on any atom is -0.380 e. The van der Waals surface area contributed by atoms with Crippen molar-refractivity contribution in [1.29, 1.82) is 0 Å². The summed E-state index contributed by atoms with van der Waals surface area (Å²) in [6.07, 6.45) is 3.33. The van der Waals surface area contributed by atoms with E-state index in [9.17, 15) is 19.2 Å². The van der Waals surface area contributed by atoms with Crippen LogP contribution in [-0.2, 0) is 0 Å². The molecule has 0 bridgehead atoms. The first-order valence-electron chi connectivity index (χ1n) is 11.4. The summed E-state index contributed by atoms with van der Waals surface area (Å²) in [5, 5.41) is 12.4. The maximum Gasteiger partial charge on any atom is 0.253 e. The molecule has 0 atom stereocenters. The Labute approximate surface area is 187 Å². The van der Waals surface area contributed by atoms with E-state index in [0.29, 0.717) is 48.9 Å². The second-order valence-electron chi connectivity index (χ2n) is 8.54. The number of hydrogen-bond acceptors (Lipinski definition) is 10. The molecule has 2 aromatic rings. The Morgan fingerprint density at radius 2 is 0.688 bits per heavy atom. The Hall–Kier alpha value is -2.72. The number of hydrogen-bond donors (Lipinski definition) is 4. The maximum absolute atomic E-state index is 11.9. The quantitative estimate of drug-likeness (QED) is 0.400. The Morgan fingerprint density at radius 3 is 0.906 bits per heavy atom. The van der Waals surface area contributed by atoms with Gasteiger partial charge in [-0.05, 0) is 66.0 Å². The van der Waals surface area contributed by atoms with E-state index >= 15 is 0 Å². The molecule has 0 aromatic heterocycles. The molecule has 0 unspecified atom stereocenters. The van der Waals surface area contributed by atoms with Gasteiger partial charge in [0.25, 0.3) is 21.7 Å². The fourth-order valence-electron chi connectivity index (χ4n) is 3.93. The fourth-order valence-corrected chi connectivity index (χ4v) is 3.93. The van der Waals surface area contributed by atoms with Gasteiger partial charge in [0.1, 0.15) is 22.7 Å². The molecule has 1 heterocycles. The normalized spacial score (nSPS) is 19.3. The summed E-state index contributed by atoms with van der Waals surface area (Å²) in [6, 6.07) is 0. The lowest BCUT2D eigenvalue weighted by atomic mass is 10.1. The van der Waals surface area contributed by atoms with Crippen LogP contribution in [0.25, 0.3) is 0 Å². The van der Waals surface area contributed by atoms with Crippen molar-refractivity contribution in [2.75, 3.05) is 87.7 Å². The van der Waals surface area contributed by atoms with Gasteiger partial charge in [-0.15, -0.1) is 0 Å². The van der Waals surface area contributed by atoms with E-state index in [1.54, 1.807) is 0 Å². The zero-order valence-electron chi connectivity index (χ0n) is 19.0. The molecule has 1 aliphatic rings. The standard InChI is InChI=1S/C22H34N6O4/c1-27-11-3-7-23-15-17(21(31)19(15)29)25-9-5-13-28(2)14-6-10-26-18-16(20(30)22(18)32)24-8-4-12-27/h23-26H,3-14H2,1-2H3. The highest BCUT2D eigenvalue weighted by molar-refractivity contribution is 5.74. The average Bonchev–Trinajstić information content (AvgIpc) is 2.79. The van der Waals surface area contributed by atoms with E-state index in [2.05, 4.69) is 31.1 Å². The molecule has 0 saturated heterocycles. The molecular weight excluding hydrogens is 412 g/mol. The van der Waals surface area contributed by atoms with Gasteiger partial charge >= 0.3 is 0 Å². The SMILES string of the molecule is CN1CCCNc2c(c(=O)c2=O)NCCCN(C)CCCNc2c(c(=O)c2=O)NCCC1. The number of nitrogens with one attached hydrogen (secondary N) is 4. The van der Waals surface area contributed by atoms with Crippen LogP contribution in [0.1, 0.15) is 25.7 Å². The second-order valence-corrected chi connectivity index (χ2v) is 8.54. The molecule has 10 heteroatoms. The monoisotopic (exact) mass is 446 g/mol. The van der Waals surface area contributed by atoms with Gasteiger partial charge in [-0.3, -0.25) is 19.2 Å². The minimum atomic E-state index is -0.441. The summed E-state index contributed by atoms with van der Waals surface area (Å²) in [5.74, 6) is 0. The zero-order chi connectivity index (χ0) is 23.1. The van der Waals surface area contributed by atoms with E-state index in [0.717, 1.165) is 51.9 Å². The van der Waals surface area contributed by atoms with E-state index in [4.69, 9.17) is 0 Å². The predicted molar refractivity (Wildman–Crippen MR) is 130 cm³/mol. The lowest BCUT2D eigenvalue weighted by molar-refractivity contribution is 0.331. The molecule has 3 rings (SSSR count). The van der Waals surface area contributed by atoms with Crippen molar-refractivity contribution in [2.24, 2.45) is 0 Å². The molecule has 0 radical (unpaired) electrons. The molecule has 32 heavy (non-hydrogen) atoms. The topological polar surface area (TPSA) is 123 Å². The number of anilines is 4. The highest BCUT2D eigenvalue weighted by Crippen LogP contribution is 2.15. The van der Waals surface area contributed by atoms with Crippen LogP contribution in [0.2, 0.25) is 0 Å². The Balaban J connectivity index is 1.56. The molecule has 0 amide bonds. The van der Waals surface area contributed by atoms with Crippen LogP contribution in [0.3, 0.4) is 0 Å². The van der Waals surface area contributed by atoms with Gasteiger partial charge in [-0.2, -0.15) is 0 Å². The summed E-state index contributed by atoms with van der Waals surface area (Å²) in [5.41, 5.74) is -0.126. The number of nitrogens with zero attached hydrogens (tertiary/aromatic N) is 2. The van der Waals surface area contributed by atoms with Crippen molar-refractivity contribution in [1.82, 2.24) is 9.80 Å². The highest BCUT2D eigenvalue weighted by Gasteiger charge is 2.21. The number of rotatable bonds is 0. The second kappa shape index (κ2) is 11.2. The van der Waals surface area contributed by atoms with E-state index < -0.39 is 21.7 Å². The molecule has 0 aliphatic carbocycles. The van der Waals surface area contributed by atoms with Crippen molar-refractivity contribution in [3.05, 3.63) is 40.9 Å². The molecule has 0 saturated carbocycles. The van der Waals surface area contributed by atoms with Crippen molar-refractivity contribution < 1.29 is 0 Å². The van der Waals surface area contributed by atoms with Gasteiger partial charge in [-0.1, -0.05) is 0 Å². The van der Waals surface area contributed by atoms with Crippen molar-refractivity contribution in [3.8, 4) is 0 Å². The smallest absolute Gasteiger partial charge is 0.253 e. The van der Waals surface area contributed by atoms with Gasteiger partial charge in [0.15, 0.2) is 0 Å². The Bertz CT molecular complexity index is 872. The number of fused-ring (bicyclic) bond motifs is 2. The Kier molecular flexibility index (Phi) is 8.40. The third kappa shape index (κ3) is 5.74. The summed E-state index contributed by atoms with van der Waals surface area (Å²) in [4.78, 5) is 51.9. The fraction of sp³-hybridized carbons (Fsp3) is 0.636. The summed E-state index contributed by atoms with van der Waals surface area (Å²) >= 11 is 0. The first-order valence-corrected chi connectivity index (χ1v) is 11.4. The molecular formula is C22H34N6O4. The average molecular weight is 447 g/mol.